The van der Waals surface area contributed by atoms with Crippen LogP contribution in [0.1, 0.15) is 16.7 Å². The van der Waals surface area contributed by atoms with Gasteiger partial charge in [-0.25, -0.2) is 4.98 Å². The number of para-hydroxylation sites is 1. The van der Waals surface area contributed by atoms with Crippen LogP contribution in [0.2, 0.25) is 0 Å². The lowest BCUT2D eigenvalue weighted by Crippen LogP contribution is -2.37. The maximum atomic E-state index is 13.3. The Morgan fingerprint density at radius 3 is 2.68 bits per heavy atom. The zero-order valence-electron chi connectivity index (χ0n) is 19.1. The maximum absolute atomic E-state index is 13.3. The van der Waals surface area contributed by atoms with Crippen molar-refractivity contribution in [1.29, 1.82) is 0 Å². The maximum Gasteiger partial charge on any atom is 0.266 e. The number of nitrogens with zero attached hydrogens (tertiary/aromatic N) is 3. The minimum atomic E-state index is -0.0805. The molecule has 0 N–H and O–H groups in total. The number of hydrogen-bond donors (Lipinski definition) is 0. The molecule has 0 bridgehead atoms. The second kappa shape index (κ2) is 9.74. The van der Waals surface area contributed by atoms with E-state index in [1.54, 1.807) is 12.0 Å². The number of carbonyl (C=O) groups is 1. The summed E-state index contributed by atoms with van der Waals surface area (Å²) in [5, 5.41) is 1.05. The second-order valence-electron chi connectivity index (χ2n) is 8.26. The molecule has 8 heteroatoms. The molecule has 174 valence electrons. The van der Waals surface area contributed by atoms with Crippen LogP contribution in [0.3, 0.4) is 0 Å². The summed E-state index contributed by atoms with van der Waals surface area (Å²) in [6.07, 6.45) is 1.94. The summed E-state index contributed by atoms with van der Waals surface area (Å²) >= 11 is 6.91. The zero-order chi connectivity index (χ0) is 23.7. The number of thioether (sulfide) groups is 1. The summed E-state index contributed by atoms with van der Waals surface area (Å²) in [4.78, 5) is 22.9. The minimum Gasteiger partial charge on any atom is -0.497 e. The molecule has 0 unspecified atom stereocenters. The number of rotatable bonds is 5. The molecule has 6 nitrogen and oxygen atoms in total. The fourth-order valence-corrected chi connectivity index (χ4v) is 5.43. The molecule has 0 atom stereocenters. The number of carbonyl (C=O) groups excluding carboxylic acids is 1. The van der Waals surface area contributed by atoms with Crippen molar-refractivity contribution in [2.24, 2.45) is 0 Å². The van der Waals surface area contributed by atoms with Crippen LogP contribution in [-0.4, -0.2) is 53.5 Å². The van der Waals surface area contributed by atoms with E-state index in [4.69, 9.17) is 26.7 Å². The number of fused-ring (bicyclic) bond motifs is 1. The lowest BCUT2D eigenvalue weighted by molar-refractivity contribution is -0.122. The number of amides is 1. The number of benzene rings is 2. The van der Waals surface area contributed by atoms with Crippen molar-refractivity contribution in [1.82, 2.24) is 9.88 Å². The summed E-state index contributed by atoms with van der Waals surface area (Å²) in [5.74, 6) is 1.58. The first-order valence-corrected chi connectivity index (χ1v) is 12.4. The molecule has 5 rings (SSSR count). The molecule has 34 heavy (non-hydrogen) atoms. The average Bonchev–Trinajstić information content (AvgIpc) is 3.12. The Kier molecular flexibility index (Phi) is 6.54. The minimum absolute atomic E-state index is 0.0805. The van der Waals surface area contributed by atoms with Gasteiger partial charge in [-0.3, -0.25) is 9.69 Å². The smallest absolute Gasteiger partial charge is 0.266 e. The third-order valence-corrected chi connectivity index (χ3v) is 7.40. The highest BCUT2D eigenvalue weighted by Crippen LogP contribution is 2.36. The zero-order valence-corrected chi connectivity index (χ0v) is 20.7. The van der Waals surface area contributed by atoms with Crippen molar-refractivity contribution in [3.8, 4) is 5.75 Å². The van der Waals surface area contributed by atoms with Crippen LogP contribution in [0.25, 0.3) is 17.0 Å². The molecule has 1 amide bonds. The van der Waals surface area contributed by atoms with Gasteiger partial charge < -0.3 is 14.4 Å². The molecular weight excluding hydrogens is 466 g/mol. The van der Waals surface area contributed by atoms with Gasteiger partial charge >= 0.3 is 0 Å². The molecule has 0 saturated carbocycles. The lowest BCUT2D eigenvalue weighted by Gasteiger charge is -2.29. The first-order chi connectivity index (χ1) is 16.5. The van der Waals surface area contributed by atoms with Gasteiger partial charge in [0.25, 0.3) is 5.91 Å². The van der Waals surface area contributed by atoms with Gasteiger partial charge in [-0.15, -0.1) is 0 Å². The Bertz CT molecular complexity index is 1280. The van der Waals surface area contributed by atoms with E-state index in [0.29, 0.717) is 29.0 Å². The van der Waals surface area contributed by atoms with E-state index in [0.717, 1.165) is 52.3 Å². The van der Waals surface area contributed by atoms with Crippen LogP contribution in [0.4, 0.5) is 5.82 Å². The van der Waals surface area contributed by atoms with E-state index in [-0.39, 0.29) is 5.91 Å². The Hall–Kier alpha value is -2.94. The quantitative estimate of drug-likeness (QED) is 0.376. The number of hydrogen-bond acceptors (Lipinski definition) is 7. The molecule has 0 spiro atoms. The summed E-state index contributed by atoms with van der Waals surface area (Å²) in [7, 11) is 1.63. The molecule has 3 heterocycles. The van der Waals surface area contributed by atoms with E-state index in [1.807, 2.05) is 36.4 Å². The normalized spacial score (nSPS) is 17.8. The van der Waals surface area contributed by atoms with Crippen molar-refractivity contribution in [3.05, 3.63) is 70.1 Å². The molecule has 0 radical (unpaired) electrons. The van der Waals surface area contributed by atoms with Gasteiger partial charge in [0.1, 0.15) is 15.9 Å². The van der Waals surface area contributed by atoms with Crippen LogP contribution < -0.4 is 9.64 Å². The van der Waals surface area contributed by atoms with Gasteiger partial charge in [0, 0.05) is 24.0 Å². The lowest BCUT2D eigenvalue weighted by atomic mass is 10.1. The molecule has 2 aliphatic heterocycles. The highest BCUT2D eigenvalue weighted by molar-refractivity contribution is 8.26. The molecule has 2 aromatic carbocycles. The highest BCUT2D eigenvalue weighted by atomic mass is 32.2. The number of morpholine rings is 1. The van der Waals surface area contributed by atoms with Crippen molar-refractivity contribution in [3.63, 3.8) is 0 Å². The molecule has 3 aromatic rings. The van der Waals surface area contributed by atoms with Gasteiger partial charge in [-0.2, -0.15) is 0 Å². The summed E-state index contributed by atoms with van der Waals surface area (Å²) in [5.41, 5.74) is 4.03. The third kappa shape index (κ3) is 4.53. The number of aromatic nitrogens is 1. The number of methoxy groups -OCH3 is 1. The summed E-state index contributed by atoms with van der Waals surface area (Å²) < 4.78 is 11.3. The van der Waals surface area contributed by atoms with Crippen molar-refractivity contribution >= 4 is 57.0 Å². The molecular formula is C26H25N3O3S2. The Morgan fingerprint density at radius 1 is 1.18 bits per heavy atom. The standard InChI is InChI=1S/C26H25N3O3S2/c1-17-4-3-5-19-14-20(24(27-23(17)19)28-10-12-32-13-11-28)15-22-25(30)29(26(33)34-22)16-18-6-8-21(31-2)9-7-18/h3-9,14-15H,10-13,16H2,1-2H3/b22-15-. The number of ether oxygens (including phenoxy) is 2. The van der Waals surface area contributed by atoms with Gasteiger partial charge in [0.2, 0.25) is 0 Å². The average molecular weight is 492 g/mol. The van der Waals surface area contributed by atoms with Gasteiger partial charge in [-0.1, -0.05) is 54.3 Å². The molecule has 0 aliphatic carbocycles. The summed E-state index contributed by atoms with van der Waals surface area (Å²) in [6.45, 7) is 5.36. The van der Waals surface area contributed by atoms with Gasteiger partial charge in [0.05, 0.1) is 37.3 Å². The van der Waals surface area contributed by atoms with Gasteiger partial charge in [0.15, 0.2) is 0 Å². The predicted molar refractivity (Wildman–Crippen MR) is 141 cm³/mol. The number of thiocarbonyl (C=S) groups is 1. The van der Waals surface area contributed by atoms with Crippen molar-refractivity contribution < 1.29 is 14.3 Å². The Labute approximate surface area is 208 Å². The topological polar surface area (TPSA) is 54.9 Å². The van der Waals surface area contributed by atoms with E-state index in [9.17, 15) is 4.79 Å². The number of pyridine rings is 1. The van der Waals surface area contributed by atoms with Crippen LogP contribution >= 0.6 is 24.0 Å². The van der Waals surface area contributed by atoms with E-state index < -0.39 is 0 Å². The fourth-order valence-electron chi connectivity index (χ4n) is 4.18. The Balaban J connectivity index is 1.49. The van der Waals surface area contributed by atoms with Crippen LogP contribution in [0.15, 0.2) is 53.4 Å². The van der Waals surface area contributed by atoms with Crippen molar-refractivity contribution in [2.75, 3.05) is 38.3 Å². The fraction of sp³-hybridized carbons (Fsp3) is 0.269. The predicted octanol–water partition coefficient (Wildman–Crippen LogP) is 4.79. The van der Waals surface area contributed by atoms with E-state index in [2.05, 4.69) is 30.0 Å². The SMILES string of the molecule is COc1ccc(CN2C(=O)/C(=C/c3cc4cccc(C)c4nc3N3CCOCC3)SC2=S)cc1. The van der Waals surface area contributed by atoms with E-state index >= 15 is 0 Å². The third-order valence-electron chi connectivity index (χ3n) is 6.03. The molecule has 2 fully saturated rings. The molecule has 1 aromatic heterocycles. The molecule has 2 saturated heterocycles. The first kappa shape index (κ1) is 22.8. The van der Waals surface area contributed by atoms with Crippen molar-refractivity contribution in [2.45, 2.75) is 13.5 Å². The van der Waals surface area contributed by atoms with Crippen LogP contribution in [0, 0.1) is 6.92 Å². The van der Waals surface area contributed by atoms with Crippen LogP contribution in [0.5, 0.6) is 5.75 Å². The first-order valence-electron chi connectivity index (χ1n) is 11.1. The summed E-state index contributed by atoms with van der Waals surface area (Å²) in [6, 6.07) is 16.0. The monoisotopic (exact) mass is 491 g/mol. The second-order valence-corrected chi connectivity index (χ2v) is 9.94. The van der Waals surface area contributed by atoms with Gasteiger partial charge in [-0.05, 0) is 42.3 Å². The van der Waals surface area contributed by atoms with E-state index in [1.165, 1.54) is 11.8 Å². The largest absolute Gasteiger partial charge is 0.497 e. The number of aryl methyl sites for hydroxylation is 1. The molecule has 2 aliphatic rings. The Morgan fingerprint density at radius 2 is 1.94 bits per heavy atom. The number of anilines is 1. The van der Waals surface area contributed by atoms with Crippen LogP contribution in [-0.2, 0) is 16.1 Å². The highest BCUT2D eigenvalue weighted by Gasteiger charge is 2.32.